The van der Waals surface area contributed by atoms with Gasteiger partial charge >= 0.3 is 0 Å². The van der Waals surface area contributed by atoms with Gasteiger partial charge in [-0.3, -0.25) is 9.78 Å². The Bertz CT molecular complexity index is 925. The first-order valence-corrected chi connectivity index (χ1v) is 9.98. The average Bonchev–Trinajstić information content (AvgIpc) is 2.80. The highest BCUT2D eigenvalue weighted by Gasteiger charge is 2.19. The van der Waals surface area contributed by atoms with E-state index in [2.05, 4.69) is 27.3 Å². The van der Waals surface area contributed by atoms with Crippen molar-refractivity contribution in [2.45, 2.75) is 12.5 Å². The second kappa shape index (κ2) is 9.34. The number of ether oxygens (including phenoxy) is 1. The number of nitrogens with one attached hydrogen (secondary N) is 1. The Labute approximate surface area is 171 Å². The minimum Gasteiger partial charge on any atom is -0.378 e. The fourth-order valence-electron chi connectivity index (χ4n) is 3.58. The highest BCUT2D eigenvalue weighted by atomic mass is 16.5. The number of aromatic nitrogens is 1. The number of pyridine rings is 1. The Hall–Kier alpha value is -3.18. The molecule has 148 valence electrons. The van der Waals surface area contributed by atoms with Gasteiger partial charge in [0.05, 0.1) is 19.3 Å². The third-order valence-corrected chi connectivity index (χ3v) is 5.14. The minimum atomic E-state index is -0.162. The number of benzene rings is 2. The van der Waals surface area contributed by atoms with E-state index in [-0.39, 0.29) is 11.9 Å². The summed E-state index contributed by atoms with van der Waals surface area (Å²) >= 11 is 0. The van der Waals surface area contributed by atoms with E-state index in [0.29, 0.717) is 18.9 Å². The molecule has 2 heterocycles. The van der Waals surface area contributed by atoms with Crippen LogP contribution in [0.25, 0.3) is 0 Å². The summed E-state index contributed by atoms with van der Waals surface area (Å²) in [4.78, 5) is 19.6. The SMILES string of the molecule is O=C(NC(Cc1ccccc1)c1ccccc1)c1cc(N2CCOCC2)ccn1. The van der Waals surface area contributed by atoms with E-state index < -0.39 is 0 Å². The number of nitrogens with zero attached hydrogens (tertiary/aromatic N) is 2. The highest BCUT2D eigenvalue weighted by molar-refractivity contribution is 5.93. The minimum absolute atomic E-state index is 0.125. The number of hydrogen-bond acceptors (Lipinski definition) is 4. The largest absolute Gasteiger partial charge is 0.378 e. The summed E-state index contributed by atoms with van der Waals surface area (Å²) in [6.07, 6.45) is 2.42. The molecular weight excluding hydrogens is 362 g/mol. The Morgan fingerprint density at radius 2 is 1.69 bits per heavy atom. The normalized spacial score (nSPS) is 15.0. The summed E-state index contributed by atoms with van der Waals surface area (Å²) < 4.78 is 5.42. The van der Waals surface area contributed by atoms with Gasteiger partial charge in [-0.25, -0.2) is 0 Å². The molecule has 5 nitrogen and oxygen atoms in total. The van der Waals surface area contributed by atoms with Crippen LogP contribution < -0.4 is 10.2 Å². The van der Waals surface area contributed by atoms with E-state index in [1.807, 2.05) is 60.7 Å². The van der Waals surface area contributed by atoms with E-state index >= 15 is 0 Å². The van der Waals surface area contributed by atoms with Crippen LogP contribution in [0.2, 0.25) is 0 Å². The Balaban J connectivity index is 1.53. The second-order valence-electron chi connectivity index (χ2n) is 7.13. The fourth-order valence-corrected chi connectivity index (χ4v) is 3.58. The summed E-state index contributed by atoms with van der Waals surface area (Å²) in [5.41, 5.74) is 3.70. The quantitative estimate of drug-likeness (QED) is 0.702. The average molecular weight is 387 g/mol. The zero-order chi connectivity index (χ0) is 19.9. The predicted molar refractivity (Wildman–Crippen MR) is 114 cm³/mol. The van der Waals surface area contributed by atoms with Crippen molar-refractivity contribution in [3.8, 4) is 0 Å². The van der Waals surface area contributed by atoms with Crippen molar-refractivity contribution in [3.05, 3.63) is 95.8 Å². The van der Waals surface area contributed by atoms with Crippen LogP contribution in [0.15, 0.2) is 79.0 Å². The molecule has 1 fully saturated rings. The van der Waals surface area contributed by atoms with Crippen molar-refractivity contribution < 1.29 is 9.53 Å². The maximum atomic E-state index is 13.0. The number of morpholine rings is 1. The number of hydrogen-bond donors (Lipinski definition) is 1. The van der Waals surface area contributed by atoms with Gasteiger partial charge in [0.1, 0.15) is 5.69 Å². The smallest absolute Gasteiger partial charge is 0.270 e. The van der Waals surface area contributed by atoms with Crippen molar-refractivity contribution in [1.82, 2.24) is 10.3 Å². The van der Waals surface area contributed by atoms with Crippen LogP contribution >= 0.6 is 0 Å². The van der Waals surface area contributed by atoms with Crippen LogP contribution in [0.4, 0.5) is 5.69 Å². The Morgan fingerprint density at radius 3 is 2.41 bits per heavy atom. The van der Waals surface area contributed by atoms with Gasteiger partial charge < -0.3 is 15.0 Å². The van der Waals surface area contributed by atoms with Crippen LogP contribution in [0.5, 0.6) is 0 Å². The summed E-state index contributed by atoms with van der Waals surface area (Å²) in [7, 11) is 0. The van der Waals surface area contributed by atoms with E-state index in [4.69, 9.17) is 4.74 Å². The van der Waals surface area contributed by atoms with Gasteiger partial charge in [0.2, 0.25) is 0 Å². The van der Waals surface area contributed by atoms with E-state index in [1.165, 1.54) is 5.56 Å². The van der Waals surface area contributed by atoms with Gasteiger partial charge in [-0.15, -0.1) is 0 Å². The van der Waals surface area contributed by atoms with Crippen LogP contribution in [-0.2, 0) is 11.2 Å². The molecular formula is C24H25N3O2. The predicted octanol–water partition coefficient (Wildman–Crippen LogP) is 3.63. The standard InChI is InChI=1S/C24H25N3O2/c28-24(23-18-21(11-12-25-23)27-13-15-29-16-14-27)26-22(20-9-5-2-6-10-20)17-19-7-3-1-4-8-19/h1-12,18,22H,13-17H2,(H,26,28). The molecule has 1 N–H and O–H groups in total. The molecule has 3 aromatic rings. The molecule has 0 bridgehead atoms. The van der Waals surface area contributed by atoms with Gasteiger partial charge in [-0.1, -0.05) is 60.7 Å². The maximum Gasteiger partial charge on any atom is 0.270 e. The molecule has 2 aromatic carbocycles. The van der Waals surface area contributed by atoms with Gasteiger partial charge in [-0.2, -0.15) is 0 Å². The molecule has 5 heteroatoms. The van der Waals surface area contributed by atoms with Crippen LogP contribution in [0.1, 0.15) is 27.7 Å². The molecule has 1 amide bonds. The van der Waals surface area contributed by atoms with Crippen molar-refractivity contribution in [3.63, 3.8) is 0 Å². The lowest BCUT2D eigenvalue weighted by molar-refractivity contribution is 0.0931. The zero-order valence-corrected chi connectivity index (χ0v) is 16.3. The fraction of sp³-hybridized carbons (Fsp3) is 0.250. The second-order valence-corrected chi connectivity index (χ2v) is 7.13. The number of amides is 1. The number of carbonyl (C=O) groups is 1. The number of anilines is 1. The molecule has 1 aliphatic heterocycles. The van der Waals surface area contributed by atoms with Crippen molar-refractivity contribution in [2.75, 3.05) is 31.2 Å². The zero-order valence-electron chi connectivity index (χ0n) is 16.3. The molecule has 0 radical (unpaired) electrons. The molecule has 1 unspecified atom stereocenters. The van der Waals surface area contributed by atoms with Gasteiger partial charge in [-0.05, 0) is 29.7 Å². The third-order valence-electron chi connectivity index (χ3n) is 5.14. The van der Waals surface area contributed by atoms with Crippen molar-refractivity contribution in [2.24, 2.45) is 0 Å². The first-order valence-electron chi connectivity index (χ1n) is 9.98. The molecule has 0 aliphatic carbocycles. The lowest BCUT2D eigenvalue weighted by Gasteiger charge is -2.29. The van der Waals surface area contributed by atoms with Crippen molar-refractivity contribution in [1.29, 1.82) is 0 Å². The number of rotatable bonds is 6. The van der Waals surface area contributed by atoms with Gasteiger partial charge in [0, 0.05) is 25.0 Å². The number of carbonyl (C=O) groups excluding carboxylic acids is 1. The molecule has 0 spiro atoms. The maximum absolute atomic E-state index is 13.0. The van der Waals surface area contributed by atoms with Gasteiger partial charge in [0.25, 0.3) is 5.91 Å². The highest BCUT2D eigenvalue weighted by Crippen LogP contribution is 2.20. The summed E-state index contributed by atoms with van der Waals surface area (Å²) in [5, 5.41) is 3.18. The van der Waals surface area contributed by atoms with E-state index in [1.54, 1.807) is 6.20 Å². The molecule has 1 aromatic heterocycles. The first kappa shape index (κ1) is 19.2. The van der Waals surface area contributed by atoms with E-state index in [9.17, 15) is 4.79 Å². The molecule has 1 aliphatic rings. The van der Waals surface area contributed by atoms with Crippen molar-refractivity contribution >= 4 is 11.6 Å². The van der Waals surface area contributed by atoms with E-state index in [0.717, 1.165) is 30.8 Å². The topological polar surface area (TPSA) is 54.5 Å². The lowest BCUT2D eigenvalue weighted by Crippen LogP contribution is -2.36. The monoisotopic (exact) mass is 387 g/mol. The third kappa shape index (κ3) is 5.00. The summed E-state index contributed by atoms with van der Waals surface area (Å²) in [5.74, 6) is -0.162. The van der Waals surface area contributed by atoms with Crippen LogP contribution in [0, 0.1) is 0 Å². The molecule has 0 saturated carbocycles. The van der Waals surface area contributed by atoms with Crippen LogP contribution in [0.3, 0.4) is 0 Å². The molecule has 29 heavy (non-hydrogen) atoms. The lowest BCUT2D eigenvalue weighted by atomic mass is 9.98. The van der Waals surface area contributed by atoms with Gasteiger partial charge in [0.15, 0.2) is 0 Å². The first-order chi connectivity index (χ1) is 14.3. The molecule has 4 rings (SSSR count). The van der Waals surface area contributed by atoms with Crippen LogP contribution in [-0.4, -0.2) is 37.2 Å². The summed E-state index contributed by atoms with van der Waals surface area (Å²) in [6.45, 7) is 3.06. The molecule has 1 saturated heterocycles. The summed E-state index contributed by atoms with van der Waals surface area (Å²) in [6, 6.07) is 24.0. The Kier molecular flexibility index (Phi) is 6.17. The molecule has 1 atom stereocenters. The Morgan fingerprint density at radius 1 is 1.00 bits per heavy atom.